The molecule has 5 nitrogen and oxygen atoms in total. The highest BCUT2D eigenvalue weighted by molar-refractivity contribution is 6.00. The maximum absolute atomic E-state index is 12.2. The largest absolute Gasteiger partial charge is 0.469 e. The van der Waals surface area contributed by atoms with Gasteiger partial charge in [0.25, 0.3) is 0 Å². The number of Topliss-reactive ketones (excluding diaryl/α,β-unsaturated/α-hetero) is 1. The molecule has 1 aromatic carbocycles. The van der Waals surface area contributed by atoms with E-state index in [1.54, 1.807) is 6.92 Å². The van der Waals surface area contributed by atoms with Crippen molar-refractivity contribution in [3.8, 4) is 0 Å². The van der Waals surface area contributed by atoms with Crippen LogP contribution in [0.15, 0.2) is 30.3 Å². The standard InChI is InChI=1S/C16H20O5/c1-3-21-16(19)13(11-12-7-5-4-6-8-12)14(17)9-10-15(18)20-2/h4-8,13H,3,9-11H2,1-2H3/t13-/m1/s1. The molecule has 1 atom stereocenters. The van der Waals surface area contributed by atoms with E-state index in [1.165, 1.54) is 7.11 Å². The average molecular weight is 292 g/mol. The molecule has 1 rings (SSSR count). The van der Waals surface area contributed by atoms with Crippen molar-refractivity contribution in [1.82, 2.24) is 0 Å². The number of carbonyl (C=O) groups excluding carboxylic acids is 3. The van der Waals surface area contributed by atoms with E-state index in [9.17, 15) is 14.4 Å². The van der Waals surface area contributed by atoms with E-state index in [0.717, 1.165) is 5.56 Å². The fourth-order valence-electron chi connectivity index (χ4n) is 1.92. The molecule has 0 saturated carbocycles. The third-order valence-corrected chi connectivity index (χ3v) is 3.05. The number of hydrogen-bond donors (Lipinski definition) is 0. The van der Waals surface area contributed by atoms with Gasteiger partial charge in [0.15, 0.2) is 0 Å². The summed E-state index contributed by atoms with van der Waals surface area (Å²) in [6.45, 7) is 1.91. The molecule has 0 radical (unpaired) electrons. The molecule has 0 aliphatic rings. The van der Waals surface area contributed by atoms with Crippen molar-refractivity contribution in [2.75, 3.05) is 13.7 Å². The average Bonchev–Trinajstić information content (AvgIpc) is 2.51. The van der Waals surface area contributed by atoms with E-state index in [4.69, 9.17) is 4.74 Å². The summed E-state index contributed by atoms with van der Waals surface area (Å²) in [6, 6.07) is 9.24. The number of ether oxygens (including phenoxy) is 2. The van der Waals surface area contributed by atoms with Gasteiger partial charge >= 0.3 is 11.9 Å². The Hall–Kier alpha value is -2.17. The summed E-state index contributed by atoms with van der Waals surface area (Å²) < 4.78 is 9.45. The van der Waals surface area contributed by atoms with Crippen LogP contribution in [-0.2, 0) is 30.3 Å². The molecule has 0 amide bonds. The van der Waals surface area contributed by atoms with Crippen molar-refractivity contribution < 1.29 is 23.9 Å². The number of methoxy groups -OCH3 is 1. The van der Waals surface area contributed by atoms with Gasteiger partial charge in [-0.25, -0.2) is 0 Å². The Kier molecular flexibility index (Phi) is 7.15. The topological polar surface area (TPSA) is 69.7 Å². The van der Waals surface area contributed by atoms with Crippen LogP contribution in [0, 0.1) is 5.92 Å². The molecular weight excluding hydrogens is 272 g/mol. The summed E-state index contributed by atoms with van der Waals surface area (Å²) >= 11 is 0. The minimum Gasteiger partial charge on any atom is -0.469 e. The molecule has 5 heteroatoms. The van der Waals surface area contributed by atoms with Crippen LogP contribution >= 0.6 is 0 Å². The molecule has 0 N–H and O–H groups in total. The minimum absolute atomic E-state index is 0.0248. The zero-order valence-electron chi connectivity index (χ0n) is 12.3. The van der Waals surface area contributed by atoms with E-state index in [-0.39, 0.29) is 31.7 Å². The lowest BCUT2D eigenvalue weighted by molar-refractivity contribution is -0.152. The first-order valence-corrected chi connectivity index (χ1v) is 6.88. The monoisotopic (exact) mass is 292 g/mol. The van der Waals surface area contributed by atoms with Crippen LogP contribution < -0.4 is 0 Å². The third kappa shape index (κ3) is 5.77. The van der Waals surface area contributed by atoms with Gasteiger partial charge in [-0.1, -0.05) is 30.3 Å². The van der Waals surface area contributed by atoms with Gasteiger partial charge in [-0.05, 0) is 18.9 Å². The predicted octanol–water partition coefficient (Wildman–Crippen LogP) is 1.93. The second-order valence-electron chi connectivity index (χ2n) is 4.54. The van der Waals surface area contributed by atoms with Gasteiger partial charge in [-0.15, -0.1) is 0 Å². The summed E-state index contributed by atoms with van der Waals surface area (Å²) in [5.41, 5.74) is 0.877. The van der Waals surface area contributed by atoms with E-state index < -0.39 is 17.9 Å². The highest BCUT2D eigenvalue weighted by Crippen LogP contribution is 2.14. The summed E-state index contributed by atoms with van der Waals surface area (Å²) in [6.07, 6.45) is 0.225. The van der Waals surface area contributed by atoms with E-state index in [0.29, 0.717) is 0 Å². The summed E-state index contributed by atoms with van der Waals surface area (Å²) in [5, 5.41) is 0. The second kappa shape index (κ2) is 8.89. The number of carbonyl (C=O) groups is 3. The number of ketones is 1. The Balaban J connectivity index is 2.74. The Morgan fingerprint density at radius 2 is 1.76 bits per heavy atom. The lowest BCUT2D eigenvalue weighted by Crippen LogP contribution is -2.28. The molecule has 0 saturated heterocycles. The molecule has 0 unspecified atom stereocenters. The highest BCUT2D eigenvalue weighted by atomic mass is 16.5. The number of benzene rings is 1. The molecule has 1 aromatic rings. The SMILES string of the molecule is CCOC(=O)[C@H](Cc1ccccc1)C(=O)CCC(=O)OC. The van der Waals surface area contributed by atoms with Crippen LogP contribution in [0.5, 0.6) is 0 Å². The Labute approximate surface area is 124 Å². The van der Waals surface area contributed by atoms with Gasteiger partial charge in [-0.3, -0.25) is 14.4 Å². The van der Waals surface area contributed by atoms with Crippen LogP contribution in [0.25, 0.3) is 0 Å². The second-order valence-corrected chi connectivity index (χ2v) is 4.54. The third-order valence-electron chi connectivity index (χ3n) is 3.05. The number of hydrogen-bond acceptors (Lipinski definition) is 5. The zero-order valence-corrected chi connectivity index (χ0v) is 12.3. The zero-order chi connectivity index (χ0) is 15.7. The van der Waals surface area contributed by atoms with Gasteiger partial charge in [0.1, 0.15) is 11.7 Å². The molecule has 0 aliphatic heterocycles. The first-order chi connectivity index (χ1) is 10.1. The summed E-state index contributed by atoms with van der Waals surface area (Å²) in [7, 11) is 1.26. The smallest absolute Gasteiger partial charge is 0.316 e. The van der Waals surface area contributed by atoms with Crippen LogP contribution in [0.3, 0.4) is 0 Å². The lowest BCUT2D eigenvalue weighted by atomic mass is 9.93. The minimum atomic E-state index is -0.878. The number of rotatable bonds is 8. The Bertz CT molecular complexity index is 481. The maximum atomic E-state index is 12.2. The van der Waals surface area contributed by atoms with E-state index in [2.05, 4.69) is 4.74 Å². The first kappa shape index (κ1) is 16.9. The van der Waals surface area contributed by atoms with E-state index >= 15 is 0 Å². The lowest BCUT2D eigenvalue weighted by Gasteiger charge is -2.14. The molecule has 0 heterocycles. The molecule has 0 bridgehead atoms. The van der Waals surface area contributed by atoms with Crippen molar-refractivity contribution >= 4 is 17.7 Å². The van der Waals surface area contributed by atoms with Gasteiger partial charge in [-0.2, -0.15) is 0 Å². The van der Waals surface area contributed by atoms with Gasteiger partial charge in [0.2, 0.25) is 0 Å². The fourth-order valence-corrected chi connectivity index (χ4v) is 1.92. The van der Waals surface area contributed by atoms with Gasteiger partial charge in [0.05, 0.1) is 20.1 Å². The van der Waals surface area contributed by atoms with Crippen LogP contribution in [0.4, 0.5) is 0 Å². The summed E-state index contributed by atoms with van der Waals surface area (Å²) in [4.78, 5) is 35.2. The van der Waals surface area contributed by atoms with Crippen LogP contribution in [0.1, 0.15) is 25.3 Å². The van der Waals surface area contributed by atoms with Gasteiger partial charge in [0, 0.05) is 6.42 Å². The number of esters is 2. The molecule has 21 heavy (non-hydrogen) atoms. The fraction of sp³-hybridized carbons (Fsp3) is 0.438. The normalized spacial score (nSPS) is 11.5. The molecule has 114 valence electrons. The van der Waals surface area contributed by atoms with Crippen molar-refractivity contribution in [2.24, 2.45) is 5.92 Å². The quantitative estimate of drug-likeness (QED) is 0.541. The van der Waals surface area contributed by atoms with Crippen LogP contribution in [-0.4, -0.2) is 31.4 Å². The van der Waals surface area contributed by atoms with Crippen molar-refractivity contribution in [3.63, 3.8) is 0 Å². The Morgan fingerprint density at radius 3 is 2.33 bits per heavy atom. The van der Waals surface area contributed by atoms with Crippen LogP contribution in [0.2, 0.25) is 0 Å². The first-order valence-electron chi connectivity index (χ1n) is 6.88. The van der Waals surface area contributed by atoms with Gasteiger partial charge < -0.3 is 9.47 Å². The van der Waals surface area contributed by atoms with Crippen molar-refractivity contribution in [1.29, 1.82) is 0 Å². The highest BCUT2D eigenvalue weighted by Gasteiger charge is 2.28. The molecule has 0 fully saturated rings. The molecular formula is C16H20O5. The summed E-state index contributed by atoms with van der Waals surface area (Å²) in [5.74, 6) is -2.19. The van der Waals surface area contributed by atoms with Crippen molar-refractivity contribution in [3.05, 3.63) is 35.9 Å². The molecule has 0 aromatic heterocycles. The van der Waals surface area contributed by atoms with Crippen molar-refractivity contribution in [2.45, 2.75) is 26.2 Å². The molecule has 0 spiro atoms. The maximum Gasteiger partial charge on any atom is 0.316 e. The Morgan fingerprint density at radius 1 is 1.10 bits per heavy atom. The predicted molar refractivity (Wildman–Crippen MR) is 76.5 cm³/mol. The van der Waals surface area contributed by atoms with E-state index in [1.807, 2.05) is 30.3 Å². The molecule has 0 aliphatic carbocycles.